The third kappa shape index (κ3) is 4.05. The van der Waals surface area contributed by atoms with Crippen LogP contribution in [0.2, 0.25) is 0 Å². The maximum atomic E-state index is 12.1. The van der Waals surface area contributed by atoms with Crippen LogP contribution in [0.5, 0.6) is 0 Å². The van der Waals surface area contributed by atoms with E-state index in [2.05, 4.69) is 12.1 Å². The molecule has 2 nitrogen and oxygen atoms in total. The van der Waals surface area contributed by atoms with E-state index >= 15 is 0 Å². The Kier molecular flexibility index (Phi) is 5.12. The molecule has 98 valence electrons. The SMILES string of the molecule is CN(Cc1ccccc1)C(=O)CC1CCCSC1. The molecule has 18 heavy (non-hydrogen) atoms. The van der Waals surface area contributed by atoms with Crippen molar-refractivity contribution in [1.29, 1.82) is 0 Å². The molecule has 1 atom stereocenters. The summed E-state index contributed by atoms with van der Waals surface area (Å²) in [5.74, 6) is 3.30. The van der Waals surface area contributed by atoms with Crippen molar-refractivity contribution in [3.8, 4) is 0 Å². The Balaban J connectivity index is 1.81. The number of benzene rings is 1. The predicted molar refractivity (Wildman–Crippen MR) is 77.6 cm³/mol. The second-order valence-electron chi connectivity index (χ2n) is 5.02. The first-order chi connectivity index (χ1) is 8.75. The normalized spacial score (nSPS) is 19.5. The molecule has 1 aromatic rings. The van der Waals surface area contributed by atoms with E-state index in [-0.39, 0.29) is 5.91 Å². The molecule has 1 fully saturated rings. The van der Waals surface area contributed by atoms with Gasteiger partial charge in [0.25, 0.3) is 0 Å². The van der Waals surface area contributed by atoms with Gasteiger partial charge in [-0.25, -0.2) is 0 Å². The first-order valence-electron chi connectivity index (χ1n) is 6.61. The molecule has 1 unspecified atom stereocenters. The van der Waals surface area contributed by atoms with Crippen LogP contribution in [0.1, 0.15) is 24.8 Å². The van der Waals surface area contributed by atoms with Gasteiger partial charge in [-0.1, -0.05) is 30.3 Å². The quantitative estimate of drug-likeness (QED) is 0.831. The molecule has 1 aliphatic rings. The summed E-state index contributed by atoms with van der Waals surface area (Å²) in [6.07, 6.45) is 3.21. The van der Waals surface area contributed by atoms with E-state index in [4.69, 9.17) is 0 Å². The van der Waals surface area contributed by atoms with Crippen molar-refractivity contribution < 1.29 is 4.79 Å². The van der Waals surface area contributed by atoms with E-state index in [0.29, 0.717) is 5.92 Å². The number of hydrogen-bond acceptors (Lipinski definition) is 2. The van der Waals surface area contributed by atoms with Crippen molar-refractivity contribution >= 4 is 17.7 Å². The van der Waals surface area contributed by atoms with Gasteiger partial charge >= 0.3 is 0 Å². The molecule has 0 spiro atoms. The van der Waals surface area contributed by atoms with Crippen LogP contribution in [0, 0.1) is 5.92 Å². The molecule has 1 saturated heterocycles. The summed E-state index contributed by atoms with van der Waals surface area (Å²) in [7, 11) is 1.91. The van der Waals surface area contributed by atoms with Crippen LogP contribution in [0.15, 0.2) is 30.3 Å². The highest BCUT2D eigenvalue weighted by atomic mass is 32.2. The van der Waals surface area contributed by atoms with E-state index in [1.54, 1.807) is 0 Å². The first-order valence-corrected chi connectivity index (χ1v) is 7.77. The summed E-state index contributed by atoms with van der Waals surface area (Å²) in [6.45, 7) is 0.722. The summed E-state index contributed by atoms with van der Waals surface area (Å²) in [5, 5.41) is 0. The van der Waals surface area contributed by atoms with E-state index in [1.165, 1.54) is 24.2 Å². The zero-order valence-electron chi connectivity index (χ0n) is 11.0. The van der Waals surface area contributed by atoms with Gasteiger partial charge < -0.3 is 4.90 Å². The Hall–Kier alpha value is -0.960. The Morgan fingerprint density at radius 3 is 2.83 bits per heavy atom. The molecular formula is C15H21NOS. The molecule has 3 heteroatoms. The van der Waals surface area contributed by atoms with Gasteiger partial charge in [0.1, 0.15) is 0 Å². The Morgan fingerprint density at radius 2 is 2.17 bits per heavy atom. The fourth-order valence-corrected chi connectivity index (χ4v) is 3.47. The summed E-state index contributed by atoms with van der Waals surface area (Å²) in [6, 6.07) is 10.2. The highest BCUT2D eigenvalue weighted by Gasteiger charge is 2.19. The van der Waals surface area contributed by atoms with Crippen molar-refractivity contribution in [3.05, 3.63) is 35.9 Å². The van der Waals surface area contributed by atoms with Crippen LogP contribution < -0.4 is 0 Å². The maximum Gasteiger partial charge on any atom is 0.222 e. The molecule has 1 aliphatic heterocycles. The summed E-state index contributed by atoms with van der Waals surface area (Å²) < 4.78 is 0. The van der Waals surface area contributed by atoms with Gasteiger partial charge in [0.05, 0.1) is 0 Å². The molecule has 2 rings (SSSR count). The zero-order chi connectivity index (χ0) is 12.8. The average molecular weight is 263 g/mol. The fraction of sp³-hybridized carbons (Fsp3) is 0.533. The molecule has 0 saturated carbocycles. The van der Waals surface area contributed by atoms with Crippen LogP contribution in [0.25, 0.3) is 0 Å². The fourth-order valence-electron chi connectivity index (χ4n) is 2.32. The van der Waals surface area contributed by atoms with E-state index < -0.39 is 0 Å². The van der Waals surface area contributed by atoms with Crippen LogP contribution in [0.4, 0.5) is 0 Å². The smallest absolute Gasteiger partial charge is 0.222 e. The molecule has 1 aromatic carbocycles. The van der Waals surface area contributed by atoms with Gasteiger partial charge in [-0.2, -0.15) is 11.8 Å². The number of carbonyl (C=O) groups excluding carboxylic acids is 1. The van der Waals surface area contributed by atoms with E-state index in [0.717, 1.165) is 18.7 Å². The van der Waals surface area contributed by atoms with Gasteiger partial charge in [-0.3, -0.25) is 4.79 Å². The van der Waals surface area contributed by atoms with Crippen LogP contribution >= 0.6 is 11.8 Å². The van der Waals surface area contributed by atoms with Crippen molar-refractivity contribution in [2.45, 2.75) is 25.8 Å². The van der Waals surface area contributed by atoms with Crippen LogP contribution in [-0.4, -0.2) is 29.4 Å². The van der Waals surface area contributed by atoms with Crippen molar-refractivity contribution in [3.63, 3.8) is 0 Å². The molecule has 1 heterocycles. The van der Waals surface area contributed by atoms with Gasteiger partial charge in [-0.15, -0.1) is 0 Å². The van der Waals surface area contributed by atoms with E-state index in [9.17, 15) is 4.79 Å². The average Bonchev–Trinajstić information content (AvgIpc) is 2.41. The Morgan fingerprint density at radius 1 is 1.39 bits per heavy atom. The molecular weight excluding hydrogens is 242 g/mol. The van der Waals surface area contributed by atoms with Crippen molar-refractivity contribution in [1.82, 2.24) is 4.90 Å². The topological polar surface area (TPSA) is 20.3 Å². The molecule has 0 aliphatic carbocycles. The predicted octanol–water partition coefficient (Wildman–Crippen LogP) is 3.18. The standard InChI is InChI=1S/C15H21NOS/c1-16(11-13-6-3-2-4-7-13)15(17)10-14-8-5-9-18-12-14/h2-4,6-7,14H,5,8-12H2,1H3. The van der Waals surface area contributed by atoms with Crippen LogP contribution in [-0.2, 0) is 11.3 Å². The minimum atomic E-state index is 0.284. The minimum absolute atomic E-state index is 0.284. The van der Waals surface area contributed by atoms with Crippen LogP contribution in [0.3, 0.4) is 0 Å². The second-order valence-corrected chi connectivity index (χ2v) is 6.17. The summed E-state index contributed by atoms with van der Waals surface area (Å²) >= 11 is 1.99. The lowest BCUT2D eigenvalue weighted by atomic mass is 10.0. The molecule has 0 aromatic heterocycles. The number of hydrogen-bond donors (Lipinski definition) is 0. The number of carbonyl (C=O) groups is 1. The molecule has 1 amide bonds. The summed E-state index contributed by atoms with van der Waals surface area (Å²) in [4.78, 5) is 14.0. The van der Waals surface area contributed by atoms with Gasteiger partial charge in [0, 0.05) is 20.0 Å². The van der Waals surface area contributed by atoms with Crippen molar-refractivity contribution in [2.75, 3.05) is 18.6 Å². The number of rotatable bonds is 4. The molecule has 0 radical (unpaired) electrons. The first kappa shape index (κ1) is 13.5. The number of amides is 1. The number of nitrogens with zero attached hydrogens (tertiary/aromatic N) is 1. The van der Waals surface area contributed by atoms with Gasteiger partial charge in [-0.05, 0) is 35.8 Å². The van der Waals surface area contributed by atoms with Gasteiger partial charge in [0.2, 0.25) is 5.91 Å². The minimum Gasteiger partial charge on any atom is -0.341 e. The summed E-state index contributed by atoms with van der Waals surface area (Å²) in [5.41, 5.74) is 1.20. The Labute approximate surface area is 114 Å². The maximum absolute atomic E-state index is 12.1. The largest absolute Gasteiger partial charge is 0.341 e. The third-order valence-electron chi connectivity index (χ3n) is 3.41. The highest BCUT2D eigenvalue weighted by Crippen LogP contribution is 2.25. The van der Waals surface area contributed by atoms with Crippen molar-refractivity contribution in [2.24, 2.45) is 5.92 Å². The highest BCUT2D eigenvalue weighted by molar-refractivity contribution is 7.99. The van der Waals surface area contributed by atoms with Gasteiger partial charge in [0.15, 0.2) is 0 Å². The Bertz CT molecular complexity index is 373. The second kappa shape index (κ2) is 6.83. The lowest BCUT2D eigenvalue weighted by Crippen LogP contribution is -2.29. The third-order valence-corrected chi connectivity index (χ3v) is 4.69. The number of thioether (sulfide) groups is 1. The molecule has 0 bridgehead atoms. The molecule has 0 N–H and O–H groups in total. The lowest BCUT2D eigenvalue weighted by Gasteiger charge is -2.24. The lowest BCUT2D eigenvalue weighted by molar-refractivity contribution is -0.131. The zero-order valence-corrected chi connectivity index (χ0v) is 11.8. The van der Waals surface area contributed by atoms with E-state index in [1.807, 2.05) is 41.9 Å². The monoisotopic (exact) mass is 263 g/mol.